The maximum atomic E-state index is 11.3. The van der Waals surface area contributed by atoms with Gasteiger partial charge < -0.3 is 11.1 Å². The van der Waals surface area contributed by atoms with Crippen LogP contribution in [0.5, 0.6) is 0 Å². The fraction of sp³-hybridized carbons (Fsp3) is 0.600. The van der Waals surface area contributed by atoms with Gasteiger partial charge in [-0.3, -0.25) is 9.89 Å². The minimum absolute atomic E-state index is 0.0474. The molecular weight excluding hydrogens is 192 g/mol. The number of nitrogens with zero attached hydrogens (tertiary/aromatic N) is 1. The minimum atomic E-state index is -0.464. The van der Waals surface area contributed by atoms with E-state index in [-0.39, 0.29) is 11.9 Å². The highest BCUT2D eigenvalue weighted by atomic mass is 16.2. The monoisotopic (exact) mass is 210 g/mol. The number of nitrogens with one attached hydrogen (secondary N) is 2. The zero-order valence-electron chi connectivity index (χ0n) is 9.37. The molecule has 0 aromatic carbocycles. The van der Waals surface area contributed by atoms with Crippen molar-refractivity contribution in [3.05, 3.63) is 17.5 Å². The maximum Gasteiger partial charge on any atom is 0.236 e. The van der Waals surface area contributed by atoms with Gasteiger partial charge in [-0.2, -0.15) is 5.10 Å². The maximum absolute atomic E-state index is 11.3. The van der Waals surface area contributed by atoms with Crippen LogP contribution < -0.4 is 11.1 Å². The molecule has 1 aromatic rings. The quantitative estimate of drug-likeness (QED) is 0.659. The van der Waals surface area contributed by atoms with Gasteiger partial charge >= 0.3 is 0 Å². The summed E-state index contributed by atoms with van der Waals surface area (Å²) in [5.41, 5.74) is 7.42. The Kier molecular flexibility index (Phi) is 3.85. The Morgan fingerprint density at radius 3 is 2.80 bits per heavy atom. The van der Waals surface area contributed by atoms with Crippen LogP contribution in [0.3, 0.4) is 0 Å². The molecule has 1 heterocycles. The summed E-state index contributed by atoms with van der Waals surface area (Å²) in [6.45, 7) is 5.55. The van der Waals surface area contributed by atoms with Crippen LogP contribution >= 0.6 is 0 Å². The van der Waals surface area contributed by atoms with Crippen molar-refractivity contribution in [1.29, 1.82) is 0 Å². The van der Waals surface area contributed by atoms with Crippen molar-refractivity contribution >= 4 is 5.91 Å². The fourth-order valence-electron chi connectivity index (χ4n) is 1.32. The molecule has 0 spiro atoms. The molecule has 0 radical (unpaired) electrons. The molecule has 1 unspecified atom stereocenters. The summed E-state index contributed by atoms with van der Waals surface area (Å²) in [5, 5.41) is 9.78. The smallest absolute Gasteiger partial charge is 0.236 e. The van der Waals surface area contributed by atoms with Crippen LogP contribution in [0, 0.1) is 6.92 Å². The third-order valence-corrected chi connectivity index (χ3v) is 2.08. The van der Waals surface area contributed by atoms with Crippen molar-refractivity contribution in [2.75, 3.05) is 0 Å². The van der Waals surface area contributed by atoms with Gasteiger partial charge in [-0.25, -0.2) is 0 Å². The van der Waals surface area contributed by atoms with Crippen LogP contribution in [0.2, 0.25) is 0 Å². The summed E-state index contributed by atoms with van der Waals surface area (Å²) in [7, 11) is 0. The van der Waals surface area contributed by atoms with Crippen LogP contribution in [0.25, 0.3) is 0 Å². The minimum Gasteiger partial charge on any atom is -0.352 e. The summed E-state index contributed by atoms with van der Waals surface area (Å²) >= 11 is 0. The van der Waals surface area contributed by atoms with Gasteiger partial charge in [0.15, 0.2) is 0 Å². The SMILES string of the molecule is Cc1cc(CC(C)NC(=O)[C@@H](C)N)n[nH]1. The van der Waals surface area contributed by atoms with Gasteiger partial charge in [-0.1, -0.05) is 0 Å². The predicted octanol–water partition coefficient (Wildman–Crippen LogP) is 0.113. The molecule has 1 amide bonds. The standard InChI is InChI=1S/C10H18N4O/c1-6(12-10(15)8(3)11)4-9-5-7(2)13-14-9/h5-6,8H,4,11H2,1-3H3,(H,12,15)(H,13,14)/t6?,8-/m1/s1. The van der Waals surface area contributed by atoms with Crippen molar-refractivity contribution in [1.82, 2.24) is 15.5 Å². The molecule has 0 aliphatic heterocycles. The number of aryl methyl sites for hydroxylation is 1. The highest BCUT2D eigenvalue weighted by molar-refractivity contribution is 5.81. The Balaban J connectivity index is 2.42. The number of hydrogen-bond donors (Lipinski definition) is 3. The molecule has 1 rings (SSSR count). The molecule has 1 aromatic heterocycles. The van der Waals surface area contributed by atoms with E-state index in [2.05, 4.69) is 15.5 Å². The molecule has 15 heavy (non-hydrogen) atoms. The molecule has 0 aliphatic carbocycles. The lowest BCUT2D eigenvalue weighted by Crippen LogP contribution is -2.43. The number of aromatic amines is 1. The summed E-state index contributed by atoms with van der Waals surface area (Å²) in [5.74, 6) is -0.130. The summed E-state index contributed by atoms with van der Waals surface area (Å²) in [6, 6.07) is 1.55. The number of amides is 1. The number of rotatable bonds is 4. The lowest BCUT2D eigenvalue weighted by molar-refractivity contribution is -0.122. The fourth-order valence-corrected chi connectivity index (χ4v) is 1.32. The van der Waals surface area contributed by atoms with Crippen molar-refractivity contribution in [2.45, 2.75) is 39.3 Å². The molecule has 5 nitrogen and oxygen atoms in total. The normalized spacial score (nSPS) is 14.7. The van der Waals surface area contributed by atoms with E-state index in [4.69, 9.17) is 5.73 Å². The van der Waals surface area contributed by atoms with Crippen LogP contribution in [0.15, 0.2) is 6.07 Å². The van der Waals surface area contributed by atoms with Crippen molar-refractivity contribution in [3.8, 4) is 0 Å². The Morgan fingerprint density at radius 2 is 2.33 bits per heavy atom. The Hall–Kier alpha value is -1.36. The Bertz CT molecular complexity index is 332. The number of nitrogens with two attached hydrogens (primary N) is 1. The van der Waals surface area contributed by atoms with Gasteiger partial charge in [-0.05, 0) is 26.8 Å². The third kappa shape index (κ3) is 3.71. The molecule has 0 fully saturated rings. The zero-order chi connectivity index (χ0) is 11.4. The number of carbonyl (C=O) groups is 1. The molecule has 0 saturated carbocycles. The van der Waals surface area contributed by atoms with E-state index < -0.39 is 6.04 Å². The second-order valence-corrected chi connectivity index (χ2v) is 3.94. The number of hydrogen-bond acceptors (Lipinski definition) is 3. The Morgan fingerprint density at radius 1 is 1.67 bits per heavy atom. The summed E-state index contributed by atoms with van der Waals surface area (Å²) in [4.78, 5) is 11.3. The average Bonchev–Trinajstić information content (AvgIpc) is 2.50. The molecule has 5 heteroatoms. The molecule has 0 bridgehead atoms. The van der Waals surface area contributed by atoms with Gasteiger partial charge in [0.2, 0.25) is 5.91 Å². The van der Waals surface area contributed by atoms with E-state index in [1.807, 2.05) is 19.9 Å². The predicted molar refractivity (Wildman–Crippen MR) is 58.3 cm³/mol. The van der Waals surface area contributed by atoms with Crippen LogP contribution in [-0.2, 0) is 11.2 Å². The number of aromatic nitrogens is 2. The molecule has 2 atom stereocenters. The topological polar surface area (TPSA) is 83.8 Å². The van der Waals surface area contributed by atoms with Gasteiger partial charge in [0.05, 0.1) is 11.7 Å². The highest BCUT2D eigenvalue weighted by Gasteiger charge is 2.12. The van der Waals surface area contributed by atoms with E-state index in [1.165, 1.54) is 0 Å². The van der Waals surface area contributed by atoms with Crippen molar-refractivity contribution in [2.24, 2.45) is 5.73 Å². The van der Waals surface area contributed by atoms with Gasteiger partial charge in [0, 0.05) is 18.2 Å². The molecule has 4 N–H and O–H groups in total. The lowest BCUT2D eigenvalue weighted by atomic mass is 10.1. The van der Waals surface area contributed by atoms with E-state index in [0.717, 1.165) is 11.4 Å². The first-order chi connectivity index (χ1) is 6.99. The second kappa shape index (κ2) is 4.93. The van der Waals surface area contributed by atoms with Gasteiger partial charge in [0.25, 0.3) is 0 Å². The molecule has 0 aliphatic rings. The largest absolute Gasteiger partial charge is 0.352 e. The first-order valence-electron chi connectivity index (χ1n) is 5.06. The summed E-state index contributed by atoms with van der Waals surface area (Å²) in [6.07, 6.45) is 0.711. The van der Waals surface area contributed by atoms with E-state index in [9.17, 15) is 4.79 Å². The van der Waals surface area contributed by atoms with Crippen LogP contribution in [-0.4, -0.2) is 28.2 Å². The van der Waals surface area contributed by atoms with Crippen molar-refractivity contribution in [3.63, 3.8) is 0 Å². The Labute approximate surface area is 89.4 Å². The number of H-pyrrole nitrogens is 1. The molecule has 0 saturated heterocycles. The zero-order valence-corrected chi connectivity index (χ0v) is 9.37. The highest BCUT2D eigenvalue weighted by Crippen LogP contribution is 2.01. The number of carbonyl (C=O) groups excluding carboxylic acids is 1. The van der Waals surface area contributed by atoms with Crippen molar-refractivity contribution < 1.29 is 4.79 Å². The molecular formula is C10H18N4O. The van der Waals surface area contributed by atoms with Crippen LogP contribution in [0.4, 0.5) is 0 Å². The van der Waals surface area contributed by atoms with Crippen LogP contribution in [0.1, 0.15) is 25.2 Å². The molecule has 84 valence electrons. The third-order valence-electron chi connectivity index (χ3n) is 2.08. The van der Waals surface area contributed by atoms with Gasteiger partial charge in [0.1, 0.15) is 0 Å². The average molecular weight is 210 g/mol. The first kappa shape index (κ1) is 11.7. The lowest BCUT2D eigenvalue weighted by Gasteiger charge is -2.14. The summed E-state index contributed by atoms with van der Waals surface area (Å²) < 4.78 is 0. The van der Waals surface area contributed by atoms with E-state index in [1.54, 1.807) is 6.92 Å². The first-order valence-corrected chi connectivity index (χ1v) is 5.06. The van der Waals surface area contributed by atoms with E-state index >= 15 is 0 Å². The second-order valence-electron chi connectivity index (χ2n) is 3.94. The van der Waals surface area contributed by atoms with E-state index in [0.29, 0.717) is 6.42 Å². The van der Waals surface area contributed by atoms with Gasteiger partial charge in [-0.15, -0.1) is 0 Å².